The fourth-order valence-electron chi connectivity index (χ4n) is 2.62. The molecular formula is C20H27N2O3+. The van der Waals surface area contributed by atoms with Crippen LogP contribution in [0, 0.1) is 6.92 Å². The minimum atomic E-state index is -0.000690. The zero-order valence-corrected chi connectivity index (χ0v) is 15.4. The molecule has 2 N–H and O–H groups in total. The first-order valence-electron chi connectivity index (χ1n) is 8.49. The monoisotopic (exact) mass is 343 g/mol. The fourth-order valence-corrected chi connectivity index (χ4v) is 2.62. The summed E-state index contributed by atoms with van der Waals surface area (Å²) >= 11 is 0. The van der Waals surface area contributed by atoms with Crippen molar-refractivity contribution < 1.29 is 19.2 Å². The number of benzene rings is 2. The highest BCUT2D eigenvalue weighted by Crippen LogP contribution is 2.27. The molecule has 0 heterocycles. The molecule has 0 saturated heterocycles. The zero-order chi connectivity index (χ0) is 18.2. The van der Waals surface area contributed by atoms with E-state index in [1.165, 1.54) is 5.56 Å². The minimum absolute atomic E-state index is 0.000690. The summed E-state index contributed by atoms with van der Waals surface area (Å²) in [7, 11) is 3.63. The molecule has 1 amide bonds. The lowest BCUT2D eigenvalue weighted by Gasteiger charge is -2.15. The Morgan fingerprint density at radius 3 is 2.48 bits per heavy atom. The lowest BCUT2D eigenvalue weighted by atomic mass is 10.2. The minimum Gasteiger partial charge on any atom is -0.493 e. The van der Waals surface area contributed by atoms with Crippen molar-refractivity contribution in [3.63, 3.8) is 0 Å². The summed E-state index contributed by atoms with van der Waals surface area (Å²) in [5.74, 6) is 1.46. The number of aryl methyl sites for hydroxylation is 1. The molecule has 5 heteroatoms. The van der Waals surface area contributed by atoms with Crippen LogP contribution in [-0.4, -0.2) is 33.2 Å². The lowest BCUT2D eigenvalue weighted by Crippen LogP contribution is -3.08. The summed E-state index contributed by atoms with van der Waals surface area (Å²) in [5, 5.41) is 2.93. The molecule has 0 spiro atoms. The van der Waals surface area contributed by atoms with Gasteiger partial charge in [-0.3, -0.25) is 4.79 Å². The maximum absolute atomic E-state index is 12.2. The van der Waals surface area contributed by atoms with Gasteiger partial charge < -0.3 is 19.7 Å². The van der Waals surface area contributed by atoms with Gasteiger partial charge in [0.1, 0.15) is 6.54 Å². The number of hydrogen-bond donors (Lipinski definition) is 2. The molecule has 2 rings (SSSR count). The van der Waals surface area contributed by atoms with Gasteiger partial charge in [-0.15, -0.1) is 0 Å². The van der Waals surface area contributed by atoms with E-state index < -0.39 is 0 Å². The van der Waals surface area contributed by atoms with Gasteiger partial charge in [0.25, 0.3) is 5.91 Å². The molecule has 0 aliphatic heterocycles. The zero-order valence-electron chi connectivity index (χ0n) is 15.4. The van der Waals surface area contributed by atoms with Crippen molar-refractivity contribution in [1.82, 2.24) is 0 Å². The van der Waals surface area contributed by atoms with Crippen LogP contribution in [0.25, 0.3) is 0 Å². The van der Waals surface area contributed by atoms with Crippen LogP contribution < -0.4 is 19.7 Å². The van der Waals surface area contributed by atoms with E-state index >= 15 is 0 Å². The number of nitrogens with one attached hydrogen (secondary N) is 2. The molecule has 1 atom stereocenters. The molecule has 0 radical (unpaired) electrons. The average molecular weight is 343 g/mol. The van der Waals surface area contributed by atoms with Gasteiger partial charge in [0.05, 0.1) is 20.8 Å². The molecule has 0 aliphatic rings. The second-order valence-corrected chi connectivity index (χ2v) is 6.14. The van der Waals surface area contributed by atoms with Crippen molar-refractivity contribution in [2.45, 2.75) is 20.4 Å². The molecule has 0 saturated carbocycles. The second-order valence-electron chi connectivity index (χ2n) is 6.14. The summed E-state index contributed by atoms with van der Waals surface area (Å²) in [6, 6.07) is 13.7. The number of ether oxygens (including phenoxy) is 2. The highest BCUT2D eigenvalue weighted by molar-refractivity contribution is 5.91. The van der Waals surface area contributed by atoms with Crippen molar-refractivity contribution in [3.8, 4) is 11.5 Å². The van der Waals surface area contributed by atoms with Gasteiger partial charge in [0.15, 0.2) is 18.0 Å². The van der Waals surface area contributed by atoms with Crippen molar-refractivity contribution >= 4 is 11.6 Å². The van der Waals surface area contributed by atoms with Crippen molar-refractivity contribution in [3.05, 3.63) is 53.6 Å². The predicted octanol–water partition coefficient (Wildman–Crippen LogP) is 2.06. The predicted molar refractivity (Wildman–Crippen MR) is 99.4 cm³/mol. The van der Waals surface area contributed by atoms with E-state index in [2.05, 4.69) is 5.32 Å². The number of quaternary nitrogens is 1. The van der Waals surface area contributed by atoms with Gasteiger partial charge in [-0.05, 0) is 44.2 Å². The standard InChI is InChI=1S/C20H26N2O3/c1-5-25-18-11-8-16(12-19(18)24-4)13-22(3)14-20(23)21-17-9-6-15(2)7-10-17/h6-12H,5,13-14H2,1-4H3,(H,21,23)/p+1. The maximum atomic E-state index is 12.2. The van der Waals surface area contributed by atoms with Gasteiger partial charge in [0.2, 0.25) is 0 Å². The van der Waals surface area contributed by atoms with Gasteiger partial charge in [-0.1, -0.05) is 17.7 Å². The van der Waals surface area contributed by atoms with E-state index in [0.29, 0.717) is 13.2 Å². The van der Waals surface area contributed by atoms with Crippen LogP contribution in [0.2, 0.25) is 0 Å². The number of carbonyl (C=O) groups excluding carboxylic acids is 1. The van der Waals surface area contributed by atoms with Crippen molar-refractivity contribution in [2.75, 3.05) is 32.6 Å². The lowest BCUT2D eigenvalue weighted by molar-refractivity contribution is -0.885. The smallest absolute Gasteiger partial charge is 0.279 e. The third kappa shape index (κ3) is 5.80. The number of amides is 1. The molecule has 5 nitrogen and oxygen atoms in total. The number of hydrogen-bond acceptors (Lipinski definition) is 3. The first kappa shape index (κ1) is 18.8. The Morgan fingerprint density at radius 1 is 1.12 bits per heavy atom. The van der Waals surface area contributed by atoms with Crippen molar-refractivity contribution in [1.29, 1.82) is 0 Å². The Morgan fingerprint density at radius 2 is 1.84 bits per heavy atom. The highest BCUT2D eigenvalue weighted by Gasteiger charge is 2.13. The number of methoxy groups -OCH3 is 1. The molecule has 2 aromatic carbocycles. The summed E-state index contributed by atoms with van der Waals surface area (Å²) in [4.78, 5) is 13.3. The number of carbonyl (C=O) groups is 1. The van der Waals surface area contributed by atoms with Crippen molar-refractivity contribution in [2.24, 2.45) is 0 Å². The van der Waals surface area contributed by atoms with E-state index in [-0.39, 0.29) is 5.91 Å². The molecule has 25 heavy (non-hydrogen) atoms. The Hall–Kier alpha value is -2.53. The first-order valence-corrected chi connectivity index (χ1v) is 8.49. The van der Waals surface area contributed by atoms with Crippen LogP contribution in [0.3, 0.4) is 0 Å². The van der Waals surface area contributed by atoms with E-state index in [1.807, 2.05) is 63.4 Å². The molecule has 0 fully saturated rings. The third-order valence-corrected chi connectivity index (χ3v) is 3.83. The van der Waals surface area contributed by atoms with E-state index in [1.54, 1.807) is 7.11 Å². The Kier molecular flexibility index (Phi) is 6.83. The summed E-state index contributed by atoms with van der Waals surface area (Å²) in [6.07, 6.45) is 0. The SMILES string of the molecule is CCOc1ccc(C[NH+](C)CC(=O)Nc2ccc(C)cc2)cc1OC. The normalized spacial score (nSPS) is 11.7. The van der Waals surface area contributed by atoms with Crippen LogP contribution in [-0.2, 0) is 11.3 Å². The average Bonchev–Trinajstić information content (AvgIpc) is 2.58. The Bertz CT molecular complexity index is 699. The van der Waals surface area contributed by atoms with Crippen LogP contribution >= 0.6 is 0 Å². The van der Waals surface area contributed by atoms with Crippen LogP contribution in [0.4, 0.5) is 5.69 Å². The summed E-state index contributed by atoms with van der Waals surface area (Å²) < 4.78 is 10.9. The molecule has 0 aromatic heterocycles. The van der Waals surface area contributed by atoms with E-state index in [9.17, 15) is 4.79 Å². The van der Waals surface area contributed by atoms with Gasteiger partial charge in [-0.25, -0.2) is 0 Å². The van der Waals surface area contributed by atoms with E-state index in [0.717, 1.165) is 34.2 Å². The highest BCUT2D eigenvalue weighted by atomic mass is 16.5. The van der Waals surface area contributed by atoms with Gasteiger partial charge in [-0.2, -0.15) is 0 Å². The topological polar surface area (TPSA) is 52.0 Å². The first-order chi connectivity index (χ1) is 12.0. The molecule has 134 valence electrons. The summed E-state index contributed by atoms with van der Waals surface area (Å²) in [5.41, 5.74) is 3.09. The summed E-state index contributed by atoms with van der Waals surface area (Å²) in [6.45, 7) is 5.68. The number of rotatable bonds is 8. The van der Waals surface area contributed by atoms with Gasteiger partial charge in [0, 0.05) is 11.3 Å². The van der Waals surface area contributed by atoms with Crippen LogP contribution in [0.5, 0.6) is 11.5 Å². The van der Waals surface area contributed by atoms with E-state index in [4.69, 9.17) is 9.47 Å². The molecule has 0 aliphatic carbocycles. The quantitative estimate of drug-likeness (QED) is 0.771. The maximum Gasteiger partial charge on any atom is 0.279 e. The second kappa shape index (κ2) is 9.08. The number of likely N-dealkylation sites (N-methyl/N-ethyl adjacent to an activating group) is 1. The largest absolute Gasteiger partial charge is 0.493 e. The molecular weight excluding hydrogens is 316 g/mol. The molecule has 2 aromatic rings. The van der Waals surface area contributed by atoms with Gasteiger partial charge >= 0.3 is 0 Å². The third-order valence-electron chi connectivity index (χ3n) is 3.83. The Labute approximate surface area is 149 Å². The molecule has 0 bridgehead atoms. The Balaban J connectivity index is 1.91. The number of anilines is 1. The molecule has 1 unspecified atom stereocenters. The van der Waals surface area contributed by atoms with Crippen LogP contribution in [0.15, 0.2) is 42.5 Å². The van der Waals surface area contributed by atoms with Crippen LogP contribution in [0.1, 0.15) is 18.1 Å². The fraction of sp³-hybridized carbons (Fsp3) is 0.350.